The number of fused-ring (bicyclic) bond motifs is 1. The van der Waals surface area contributed by atoms with E-state index in [0.717, 1.165) is 4.90 Å². The zero-order valence-electron chi connectivity index (χ0n) is 17.8. The Morgan fingerprint density at radius 1 is 0.933 bits per heavy atom. The predicted octanol–water partition coefficient (Wildman–Crippen LogP) is 4.38. The van der Waals surface area contributed by atoms with Gasteiger partial charge < -0.3 is 9.47 Å². The number of nitrogens with zero attached hydrogens (tertiary/aromatic N) is 1. The van der Waals surface area contributed by atoms with Crippen molar-refractivity contribution in [1.82, 2.24) is 4.90 Å². The van der Waals surface area contributed by atoms with Crippen molar-refractivity contribution in [2.75, 3.05) is 13.2 Å². The van der Waals surface area contributed by atoms with Crippen LogP contribution in [0.3, 0.4) is 0 Å². The van der Waals surface area contributed by atoms with Gasteiger partial charge in [0.15, 0.2) is 5.78 Å². The fraction of sp³-hybridized carbons (Fsp3) is 0.375. The molecule has 1 atom stereocenters. The third kappa shape index (κ3) is 4.08. The maximum absolute atomic E-state index is 13.7. The van der Waals surface area contributed by atoms with Crippen LogP contribution < -0.4 is 9.47 Å². The molecule has 0 N–H and O–H groups in total. The molecule has 1 unspecified atom stereocenters. The lowest BCUT2D eigenvalue weighted by Crippen LogP contribution is -2.45. The van der Waals surface area contributed by atoms with Gasteiger partial charge in [-0.1, -0.05) is 26.0 Å². The van der Waals surface area contributed by atoms with Crippen LogP contribution in [-0.4, -0.2) is 41.8 Å². The monoisotopic (exact) mass is 409 g/mol. The number of Topliss-reactive ketones (excluding diaryl/α,β-unsaturated/α-hetero) is 1. The second-order valence-electron chi connectivity index (χ2n) is 7.56. The van der Waals surface area contributed by atoms with Crippen LogP contribution in [0.1, 0.15) is 65.2 Å². The van der Waals surface area contributed by atoms with E-state index in [1.54, 1.807) is 42.5 Å². The lowest BCUT2D eigenvalue weighted by molar-refractivity contribution is 0.0520. The molecule has 0 saturated heterocycles. The van der Waals surface area contributed by atoms with Crippen LogP contribution in [0.2, 0.25) is 0 Å². The molecule has 1 aliphatic rings. The summed E-state index contributed by atoms with van der Waals surface area (Å²) >= 11 is 0. The first kappa shape index (κ1) is 21.6. The number of ether oxygens (including phenoxy) is 2. The van der Waals surface area contributed by atoms with Gasteiger partial charge in [-0.2, -0.15) is 0 Å². The van der Waals surface area contributed by atoms with E-state index < -0.39 is 17.9 Å². The summed E-state index contributed by atoms with van der Waals surface area (Å²) in [6, 6.07) is 10.8. The van der Waals surface area contributed by atoms with Crippen molar-refractivity contribution in [3.63, 3.8) is 0 Å². The van der Waals surface area contributed by atoms with E-state index in [1.807, 2.05) is 27.7 Å². The van der Waals surface area contributed by atoms with Crippen LogP contribution in [0.4, 0.5) is 0 Å². The molecular formula is C24H27NO5. The molecule has 0 spiro atoms. The average molecular weight is 409 g/mol. The molecule has 6 heteroatoms. The second kappa shape index (κ2) is 9.11. The Hall–Kier alpha value is -3.15. The predicted molar refractivity (Wildman–Crippen MR) is 113 cm³/mol. The molecule has 2 amide bonds. The van der Waals surface area contributed by atoms with Gasteiger partial charge in [-0.15, -0.1) is 0 Å². The number of ketones is 1. The van der Waals surface area contributed by atoms with Gasteiger partial charge >= 0.3 is 0 Å². The minimum absolute atomic E-state index is 0.0916. The maximum atomic E-state index is 13.7. The second-order valence-corrected chi connectivity index (χ2v) is 7.56. The lowest BCUT2D eigenvalue weighted by atomic mass is 9.94. The highest BCUT2D eigenvalue weighted by molar-refractivity contribution is 6.23. The minimum atomic E-state index is -0.923. The Balaban J connectivity index is 2.05. The molecule has 30 heavy (non-hydrogen) atoms. The highest BCUT2D eigenvalue weighted by Gasteiger charge is 2.43. The molecule has 1 aliphatic heterocycles. The molecule has 2 aromatic rings. The van der Waals surface area contributed by atoms with Gasteiger partial charge in [-0.3, -0.25) is 19.3 Å². The van der Waals surface area contributed by atoms with E-state index in [0.29, 0.717) is 47.8 Å². The normalized spacial score (nSPS) is 14.1. The number of amides is 2. The molecule has 0 radical (unpaired) electrons. The van der Waals surface area contributed by atoms with Crippen LogP contribution in [0.5, 0.6) is 11.5 Å². The Bertz CT molecular complexity index is 931. The summed E-state index contributed by atoms with van der Waals surface area (Å²) in [5.74, 6) is -0.162. The van der Waals surface area contributed by atoms with Gasteiger partial charge in [0.25, 0.3) is 11.8 Å². The summed E-state index contributed by atoms with van der Waals surface area (Å²) in [6.07, 6.45) is 0.356. The van der Waals surface area contributed by atoms with E-state index >= 15 is 0 Å². The van der Waals surface area contributed by atoms with E-state index in [2.05, 4.69) is 0 Å². The molecular weight excluding hydrogens is 382 g/mol. The molecule has 6 nitrogen and oxygen atoms in total. The van der Waals surface area contributed by atoms with Crippen LogP contribution in [0, 0.1) is 5.92 Å². The van der Waals surface area contributed by atoms with Crippen molar-refractivity contribution in [3.05, 3.63) is 59.2 Å². The highest BCUT2D eigenvalue weighted by atomic mass is 16.5. The summed E-state index contributed by atoms with van der Waals surface area (Å²) in [6.45, 7) is 8.45. The van der Waals surface area contributed by atoms with Gasteiger partial charge in [-0.05, 0) is 56.5 Å². The fourth-order valence-corrected chi connectivity index (χ4v) is 3.69. The number of benzene rings is 2. The Morgan fingerprint density at radius 3 is 2.07 bits per heavy atom. The lowest BCUT2D eigenvalue weighted by Gasteiger charge is -2.27. The van der Waals surface area contributed by atoms with Crippen LogP contribution >= 0.6 is 0 Å². The molecule has 0 saturated carbocycles. The van der Waals surface area contributed by atoms with Crippen molar-refractivity contribution in [2.45, 2.75) is 40.2 Å². The molecule has 0 bridgehead atoms. The molecule has 2 aromatic carbocycles. The van der Waals surface area contributed by atoms with Crippen LogP contribution in [-0.2, 0) is 0 Å². The number of rotatable bonds is 9. The van der Waals surface area contributed by atoms with Gasteiger partial charge in [0.05, 0.1) is 29.9 Å². The van der Waals surface area contributed by atoms with Gasteiger partial charge in [0.2, 0.25) is 0 Å². The van der Waals surface area contributed by atoms with Crippen molar-refractivity contribution in [2.24, 2.45) is 5.92 Å². The Kier molecular flexibility index (Phi) is 6.55. The van der Waals surface area contributed by atoms with Crippen LogP contribution in [0.25, 0.3) is 0 Å². The van der Waals surface area contributed by atoms with Gasteiger partial charge in [0.1, 0.15) is 17.5 Å². The number of carbonyl (C=O) groups is 3. The van der Waals surface area contributed by atoms with Crippen molar-refractivity contribution in [1.29, 1.82) is 0 Å². The average Bonchev–Trinajstić information content (AvgIpc) is 2.98. The Morgan fingerprint density at radius 2 is 1.53 bits per heavy atom. The summed E-state index contributed by atoms with van der Waals surface area (Å²) in [5, 5.41) is 0. The third-order valence-corrected chi connectivity index (χ3v) is 4.96. The number of hydrogen-bond donors (Lipinski definition) is 0. The zero-order chi connectivity index (χ0) is 21.8. The van der Waals surface area contributed by atoms with Crippen molar-refractivity contribution >= 4 is 17.6 Å². The standard InChI is InChI=1S/C24H27NO5/c1-5-29-16-11-12-21(30-6-2)19(14-16)22(26)20(13-15(3)4)25-23(27)17-9-7-8-10-18(17)24(25)28/h7-12,14-15,20H,5-6,13H2,1-4H3. The largest absolute Gasteiger partial charge is 0.494 e. The Labute approximate surface area is 176 Å². The van der Waals surface area contributed by atoms with E-state index in [-0.39, 0.29) is 11.7 Å². The molecule has 158 valence electrons. The fourth-order valence-electron chi connectivity index (χ4n) is 3.69. The zero-order valence-corrected chi connectivity index (χ0v) is 17.8. The van der Waals surface area contributed by atoms with Crippen LogP contribution in [0.15, 0.2) is 42.5 Å². The molecule has 0 aromatic heterocycles. The first-order chi connectivity index (χ1) is 14.4. The molecule has 3 rings (SSSR count). The van der Waals surface area contributed by atoms with E-state index in [4.69, 9.17) is 9.47 Å². The summed E-state index contributed by atoms with van der Waals surface area (Å²) in [5.41, 5.74) is 0.972. The molecule has 0 fully saturated rings. The summed E-state index contributed by atoms with van der Waals surface area (Å²) < 4.78 is 11.2. The van der Waals surface area contributed by atoms with Crippen molar-refractivity contribution in [3.8, 4) is 11.5 Å². The SMILES string of the molecule is CCOc1ccc(OCC)c(C(=O)C(CC(C)C)N2C(=O)c3ccccc3C2=O)c1. The van der Waals surface area contributed by atoms with E-state index in [9.17, 15) is 14.4 Å². The summed E-state index contributed by atoms with van der Waals surface area (Å²) in [4.78, 5) is 40.9. The quantitative estimate of drug-likeness (QED) is 0.454. The minimum Gasteiger partial charge on any atom is -0.494 e. The molecule has 0 aliphatic carbocycles. The smallest absolute Gasteiger partial charge is 0.262 e. The molecule has 1 heterocycles. The maximum Gasteiger partial charge on any atom is 0.262 e. The number of hydrogen-bond acceptors (Lipinski definition) is 5. The topological polar surface area (TPSA) is 72.9 Å². The highest BCUT2D eigenvalue weighted by Crippen LogP contribution is 2.32. The third-order valence-electron chi connectivity index (χ3n) is 4.96. The van der Waals surface area contributed by atoms with E-state index in [1.165, 1.54) is 0 Å². The first-order valence-corrected chi connectivity index (χ1v) is 10.3. The number of imide groups is 1. The van der Waals surface area contributed by atoms with Gasteiger partial charge in [0, 0.05) is 0 Å². The summed E-state index contributed by atoms with van der Waals surface area (Å²) in [7, 11) is 0. The number of carbonyl (C=O) groups excluding carboxylic acids is 3. The van der Waals surface area contributed by atoms with Gasteiger partial charge in [-0.25, -0.2) is 0 Å². The first-order valence-electron chi connectivity index (χ1n) is 10.3. The van der Waals surface area contributed by atoms with Crippen molar-refractivity contribution < 1.29 is 23.9 Å².